The molecule has 3 heteroatoms. The third-order valence-corrected chi connectivity index (χ3v) is 4.52. The van der Waals surface area contributed by atoms with E-state index in [1.54, 1.807) is 18.2 Å². The van der Waals surface area contributed by atoms with Gasteiger partial charge in [0.05, 0.1) is 5.56 Å². The number of carboxylic acid groups (broad SMARTS) is 1. The van der Waals surface area contributed by atoms with Crippen LogP contribution in [0.25, 0.3) is 0 Å². The van der Waals surface area contributed by atoms with Crippen molar-refractivity contribution in [3.8, 4) is 0 Å². The maximum Gasteiger partial charge on any atom is 0.335 e. The first-order chi connectivity index (χ1) is 10.9. The van der Waals surface area contributed by atoms with Crippen LogP contribution in [0, 0.1) is 0 Å². The Morgan fingerprint density at radius 3 is 2.43 bits per heavy atom. The molecule has 0 spiro atoms. The average molecular weight is 311 g/mol. The smallest absolute Gasteiger partial charge is 0.335 e. The Labute approximate surface area is 138 Å². The van der Waals surface area contributed by atoms with E-state index in [9.17, 15) is 4.79 Å². The van der Waals surface area contributed by atoms with Gasteiger partial charge in [-0.15, -0.1) is 0 Å². The molecule has 2 aromatic carbocycles. The maximum absolute atomic E-state index is 11.1. The summed E-state index contributed by atoms with van der Waals surface area (Å²) in [5.41, 5.74) is 2.63. The minimum Gasteiger partial charge on any atom is -0.478 e. The highest BCUT2D eigenvalue weighted by molar-refractivity contribution is 5.87. The van der Waals surface area contributed by atoms with Gasteiger partial charge in [-0.05, 0) is 29.7 Å². The first kappa shape index (κ1) is 17.2. The van der Waals surface area contributed by atoms with Gasteiger partial charge in [-0.3, -0.25) is 0 Å². The van der Waals surface area contributed by atoms with Gasteiger partial charge in [-0.25, -0.2) is 4.79 Å². The summed E-state index contributed by atoms with van der Waals surface area (Å²) in [6.07, 6.45) is 1.00. The highest BCUT2D eigenvalue weighted by Gasteiger charge is 2.29. The van der Waals surface area contributed by atoms with E-state index in [0.29, 0.717) is 18.2 Å². The van der Waals surface area contributed by atoms with E-state index in [2.05, 4.69) is 50.4 Å². The molecule has 0 fully saturated rings. The van der Waals surface area contributed by atoms with Crippen LogP contribution in [0.3, 0.4) is 0 Å². The molecule has 0 radical (unpaired) electrons. The number of hydrogen-bond acceptors (Lipinski definition) is 2. The van der Waals surface area contributed by atoms with Crippen LogP contribution >= 0.6 is 0 Å². The Kier molecular flexibility index (Phi) is 5.56. The molecule has 0 heterocycles. The number of benzene rings is 2. The topological polar surface area (TPSA) is 49.3 Å². The van der Waals surface area contributed by atoms with Gasteiger partial charge < -0.3 is 10.4 Å². The molecule has 0 saturated heterocycles. The van der Waals surface area contributed by atoms with Gasteiger partial charge in [0.25, 0.3) is 0 Å². The predicted octanol–water partition coefficient (Wildman–Crippen LogP) is 4.23. The molecule has 0 saturated carbocycles. The molecule has 0 bridgehead atoms. The summed E-state index contributed by atoms with van der Waals surface area (Å²) < 4.78 is 0. The fourth-order valence-corrected chi connectivity index (χ4v) is 3.03. The summed E-state index contributed by atoms with van der Waals surface area (Å²) in [6, 6.07) is 17.9. The lowest BCUT2D eigenvalue weighted by Crippen LogP contribution is -2.44. The average Bonchev–Trinajstić information content (AvgIpc) is 2.56. The van der Waals surface area contributed by atoms with Crippen molar-refractivity contribution in [2.75, 3.05) is 0 Å². The van der Waals surface area contributed by atoms with Gasteiger partial charge in [-0.1, -0.05) is 63.2 Å². The van der Waals surface area contributed by atoms with Gasteiger partial charge in [0.2, 0.25) is 0 Å². The Morgan fingerprint density at radius 1 is 1.13 bits per heavy atom. The molecule has 2 aromatic rings. The lowest BCUT2D eigenvalue weighted by atomic mass is 9.76. The van der Waals surface area contributed by atoms with E-state index in [4.69, 9.17) is 5.11 Å². The largest absolute Gasteiger partial charge is 0.478 e. The molecular formula is C20H25NO2. The molecule has 0 aliphatic heterocycles. The summed E-state index contributed by atoms with van der Waals surface area (Å²) >= 11 is 0. The number of rotatable bonds is 7. The third kappa shape index (κ3) is 4.20. The van der Waals surface area contributed by atoms with Crippen LogP contribution < -0.4 is 5.32 Å². The van der Waals surface area contributed by atoms with E-state index in [1.807, 2.05) is 12.1 Å². The number of hydrogen-bond donors (Lipinski definition) is 2. The molecule has 2 N–H and O–H groups in total. The van der Waals surface area contributed by atoms with E-state index < -0.39 is 5.97 Å². The van der Waals surface area contributed by atoms with Crippen LogP contribution in [0.15, 0.2) is 54.6 Å². The van der Waals surface area contributed by atoms with Crippen molar-refractivity contribution in [2.24, 2.45) is 0 Å². The van der Waals surface area contributed by atoms with Crippen molar-refractivity contribution >= 4 is 5.97 Å². The Hall–Kier alpha value is -2.13. The second-order valence-corrected chi connectivity index (χ2v) is 6.43. The Bertz CT molecular complexity index is 650. The summed E-state index contributed by atoms with van der Waals surface area (Å²) in [7, 11) is 0. The zero-order chi connectivity index (χ0) is 16.9. The van der Waals surface area contributed by atoms with Gasteiger partial charge in [0.1, 0.15) is 0 Å². The second kappa shape index (κ2) is 7.42. The van der Waals surface area contributed by atoms with Gasteiger partial charge in [-0.2, -0.15) is 0 Å². The zero-order valence-electron chi connectivity index (χ0n) is 14.0. The van der Waals surface area contributed by atoms with Crippen molar-refractivity contribution in [1.29, 1.82) is 0 Å². The molecule has 2 rings (SSSR count). The molecule has 0 amide bonds. The summed E-state index contributed by atoms with van der Waals surface area (Å²) in [5.74, 6) is -0.886. The summed E-state index contributed by atoms with van der Waals surface area (Å²) in [4.78, 5) is 11.1. The molecular weight excluding hydrogens is 286 g/mol. The number of aromatic carboxylic acids is 1. The number of nitrogens with one attached hydrogen (secondary N) is 1. The van der Waals surface area contributed by atoms with Crippen LogP contribution in [-0.4, -0.2) is 17.1 Å². The molecule has 122 valence electrons. The van der Waals surface area contributed by atoms with Crippen molar-refractivity contribution in [3.05, 3.63) is 71.3 Å². The predicted molar refractivity (Wildman–Crippen MR) is 93.8 cm³/mol. The van der Waals surface area contributed by atoms with Crippen LogP contribution in [0.2, 0.25) is 0 Å². The quantitative estimate of drug-likeness (QED) is 0.804. The van der Waals surface area contributed by atoms with Crippen molar-refractivity contribution < 1.29 is 9.90 Å². The first-order valence-corrected chi connectivity index (χ1v) is 8.06. The third-order valence-electron chi connectivity index (χ3n) is 4.52. The number of carbonyl (C=O) groups is 1. The van der Waals surface area contributed by atoms with Crippen LogP contribution in [0.1, 0.15) is 48.7 Å². The van der Waals surface area contributed by atoms with Crippen molar-refractivity contribution in [2.45, 2.75) is 45.2 Å². The molecule has 1 atom stereocenters. The molecule has 0 aromatic heterocycles. The van der Waals surface area contributed by atoms with Gasteiger partial charge in [0.15, 0.2) is 0 Å². The molecule has 3 nitrogen and oxygen atoms in total. The minimum atomic E-state index is -0.886. The second-order valence-electron chi connectivity index (χ2n) is 6.43. The van der Waals surface area contributed by atoms with E-state index in [1.165, 1.54) is 5.56 Å². The Morgan fingerprint density at radius 2 is 1.83 bits per heavy atom. The number of carboxylic acids is 1. The van der Waals surface area contributed by atoms with Crippen molar-refractivity contribution in [1.82, 2.24) is 5.32 Å². The monoisotopic (exact) mass is 311 g/mol. The normalized spacial score (nSPS) is 12.8. The Balaban J connectivity index is 2.11. The highest BCUT2D eigenvalue weighted by atomic mass is 16.4. The molecule has 23 heavy (non-hydrogen) atoms. The van der Waals surface area contributed by atoms with E-state index in [-0.39, 0.29) is 5.41 Å². The van der Waals surface area contributed by atoms with Gasteiger partial charge >= 0.3 is 5.97 Å². The van der Waals surface area contributed by atoms with E-state index >= 15 is 0 Å². The fourth-order valence-electron chi connectivity index (χ4n) is 3.03. The summed E-state index contributed by atoms with van der Waals surface area (Å²) in [5, 5.41) is 12.7. The molecule has 1 unspecified atom stereocenters. The minimum absolute atomic E-state index is 0.000415. The lowest BCUT2D eigenvalue weighted by molar-refractivity contribution is 0.0696. The molecule has 0 aliphatic carbocycles. The van der Waals surface area contributed by atoms with Crippen LogP contribution in [0.5, 0.6) is 0 Å². The first-order valence-electron chi connectivity index (χ1n) is 8.06. The highest BCUT2D eigenvalue weighted by Crippen LogP contribution is 2.28. The van der Waals surface area contributed by atoms with E-state index in [0.717, 1.165) is 12.0 Å². The zero-order valence-corrected chi connectivity index (χ0v) is 14.0. The fraction of sp³-hybridized carbons (Fsp3) is 0.350. The van der Waals surface area contributed by atoms with Crippen molar-refractivity contribution in [3.63, 3.8) is 0 Å². The molecule has 0 aliphatic rings. The summed E-state index contributed by atoms with van der Waals surface area (Å²) in [6.45, 7) is 7.33. The maximum atomic E-state index is 11.1. The lowest BCUT2D eigenvalue weighted by Gasteiger charge is -2.35. The standard InChI is InChI=1S/C20H25NO2/c1-4-18(20(2,3)17-11-6-5-7-12-17)21-14-15-9-8-10-16(13-15)19(22)23/h5-13,18,21H,4,14H2,1-3H3,(H,22,23). The SMILES string of the molecule is CCC(NCc1cccc(C(=O)O)c1)C(C)(C)c1ccccc1. The van der Waals surface area contributed by atoms with Gasteiger partial charge in [0, 0.05) is 18.0 Å². The van der Waals surface area contributed by atoms with Crippen LogP contribution in [-0.2, 0) is 12.0 Å². The van der Waals surface area contributed by atoms with Crippen LogP contribution in [0.4, 0.5) is 0 Å².